The van der Waals surface area contributed by atoms with Crippen LogP contribution in [0.15, 0.2) is 94.7 Å². The van der Waals surface area contributed by atoms with Crippen molar-refractivity contribution in [2.45, 2.75) is 23.1 Å². The lowest BCUT2D eigenvalue weighted by atomic mass is 10.2. The predicted octanol–water partition coefficient (Wildman–Crippen LogP) is 5.83. The lowest BCUT2D eigenvalue weighted by Crippen LogP contribution is -2.16. The van der Waals surface area contributed by atoms with Gasteiger partial charge in [-0.2, -0.15) is 0 Å². The molecule has 0 unspecified atom stereocenters. The van der Waals surface area contributed by atoms with Gasteiger partial charge >= 0.3 is 0 Å². The van der Waals surface area contributed by atoms with Crippen LogP contribution in [0.4, 0.5) is 0 Å². The number of benzene rings is 4. The molecule has 0 radical (unpaired) electrons. The number of nitrogens with zero attached hydrogens (tertiary/aromatic N) is 3. The van der Waals surface area contributed by atoms with E-state index in [0.717, 1.165) is 22.5 Å². The third-order valence-corrected chi connectivity index (χ3v) is 8.46. The molecule has 1 aliphatic rings. The highest BCUT2D eigenvalue weighted by atomic mass is 32.2. The van der Waals surface area contributed by atoms with Gasteiger partial charge in [0.1, 0.15) is 5.82 Å². The molecule has 3 heterocycles. The van der Waals surface area contributed by atoms with Gasteiger partial charge in [-0.25, -0.2) is 13.4 Å². The van der Waals surface area contributed by atoms with E-state index in [1.54, 1.807) is 18.2 Å². The standard InChI is InChI=1S/C27H19N3O2S/c1-2-26-28-20-10-7-13-25-27(20)30(26)23-16-17(14-15-24(23)33(25,31)32)29-21-11-5-3-8-18(21)19-9-4-6-12-22(19)29/h3-16H,2H2,1H3. The van der Waals surface area contributed by atoms with Gasteiger partial charge in [-0.15, -0.1) is 0 Å². The second-order valence-corrected chi connectivity index (χ2v) is 10.3. The molecular formula is C27H19N3O2S. The van der Waals surface area contributed by atoms with E-state index in [-0.39, 0.29) is 0 Å². The Balaban J connectivity index is 1.62. The van der Waals surface area contributed by atoms with E-state index in [0.29, 0.717) is 32.9 Å². The minimum atomic E-state index is -3.64. The van der Waals surface area contributed by atoms with Crippen LogP contribution >= 0.6 is 0 Å². The first kappa shape index (κ1) is 18.7. The Morgan fingerprint density at radius 1 is 0.758 bits per heavy atom. The van der Waals surface area contributed by atoms with Gasteiger partial charge < -0.3 is 4.57 Å². The second kappa shape index (κ2) is 6.33. The summed E-state index contributed by atoms with van der Waals surface area (Å²) in [5, 5.41) is 2.34. The van der Waals surface area contributed by atoms with Crippen molar-refractivity contribution in [3.63, 3.8) is 0 Å². The summed E-state index contributed by atoms with van der Waals surface area (Å²) in [5.74, 6) is 0.855. The zero-order chi connectivity index (χ0) is 22.3. The minimum absolute atomic E-state index is 0.319. The van der Waals surface area contributed by atoms with Crippen molar-refractivity contribution < 1.29 is 8.42 Å². The van der Waals surface area contributed by atoms with Crippen LogP contribution in [-0.2, 0) is 16.3 Å². The molecule has 1 aliphatic heterocycles. The molecule has 0 aliphatic carbocycles. The molecule has 5 nitrogen and oxygen atoms in total. The molecular weight excluding hydrogens is 430 g/mol. The summed E-state index contributed by atoms with van der Waals surface area (Å²) in [6.45, 7) is 2.05. The van der Waals surface area contributed by atoms with Crippen molar-refractivity contribution in [3.8, 4) is 11.4 Å². The molecule has 0 N–H and O–H groups in total. The summed E-state index contributed by atoms with van der Waals surface area (Å²) in [7, 11) is -3.64. The molecule has 0 saturated carbocycles. The molecule has 0 atom stereocenters. The van der Waals surface area contributed by atoms with Crippen LogP contribution in [0.25, 0.3) is 44.2 Å². The number of sulfone groups is 1. The molecule has 6 aromatic rings. The molecule has 0 bridgehead atoms. The summed E-state index contributed by atoms with van der Waals surface area (Å²) in [5.41, 5.74) is 5.13. The largest absolute Gasteiger partial charge is 0.309 e. The number of rotatable bonds is 2. The summed E-state index contributed by atoms with van der Waals surface area (Å²) < 4.78 is 31.3. The predicted molar refractivity (Wildman–Crippen MR) is 130 cm³/mol. The van der Waals surface area contributed by atoms with E-state index < -0.39 is 9.84 Å². The zero-order valence-electron chi connectivity index (χ0n) is 17.9. The molecule has 0 amide bonds. The van der Waals surface area contributed by atoms with Crippen LogP contribution in [0.3, 0.4) is 0 Å². The van der Waals surface area contributed by atoms with E-state index in [1.807, 2.05) is 54.0 Å². The van der Waals surface area contributed by atoms with Crippen molar-refractivity contribution in [2.75, 3.05) is 0 Å². The SMILES string of the molecule is CCc1nc2cccc3c2n1-c1cc(-n2c4ccccc4c4ccccc42)ccc1S3(=O)=O. The first-order valence-corrected chi connectivity index (χ1v) is 12.5. The van der Waals surface area contributed by atoms with Gasteiger partial charge in [0, 0.05) is 22.9 Å². The number of hydrogen-bond acceptors (Lipinski definition) is 3. The maximum atomic E-state index is 13.6. The number of hydrogen-bond donors (Lipinski definition) is 0. The second-order valence-electron chi connectivity index (χ2n) is 8.37. The normalized spacial score (nSPS) is 14.2. The molecule has 0 spiro atoms. The maximum absolute atomic E-state index is 13.6. The monoisotopic (exact) mass is 449 g/mol. The van der Waals surface area contributed by atoms with Crippen LogP contribution in [0.1, 0.15) is 12.7 Å². The highest BCUT2D eigenvalue weighted by molar-refractivity contribution is 7.92. The molecule has 7 rings (SSSR count). The van der Waals surface area contributed by atoms with Crippen LogP contribution in [-0.4, -0.2) is 22.5 Å². The molecule has 160 valence electrons. The van der Waals surface area contributed by atoms with Gasteiger partial charge in [0.15, 0.2) is 0 Å². The summed E-state index contributed by atoms with van der Waals surface area (Å²) in [6.07, 6.45) is 0.702. The topological polar surface area (TPSA) is 56.9 Å². The number of aromatic nitrogens is 3. The Bertz CT molecular complexity index is 1820. The van der Waals surface area contributed by atoms with E-state index in [1.165, 1.54) is 10.8 Å². The van der Waals surface area contributed by atoms with Crippen molar-refractivity contribution in [2.24, 2.45) is 0 Å². The van der Waals surface area contributed by atoms with E-state index in [9.17, 15) is 8.42 Å². The first-order chi connectivity index (χ1) is 16.1. The molecule has 2 aromatic heterocycles. The first-order valence-electron chi connectivity index (χ1n) is 11.0. The molecule has 0 saturated heterocycles. The van der Waals surface area contributed by atoms with Crippen LogP contribution in [0.2, 0.25) is 0 Å². The van der Waals surface area contributed by atoms with E-state index in [4.69, 9.17) is 4.98 Å². The fourth-order valence-electron chi connectivity index (χ4n) is 5.22. The third kappa shape index (κ3) is 2.31. The smallest absolute Gasteiger partial charge is 0.210 e. The Hall–Kier alpha value is -3.90. The Morgan fingerprint density at radius 3 is 2.15 bits per heavy atom. The van der Waals surface area contributed by atoms with Crippen molar-refractivity contribution >= 4 is 42.7 Å². The molecule has 6 heteroatoms. The van der Waals surface area contributed by atoms with Gasteiger partial charge in [-0.3, -0.25) is 4.57 Å². The molecule has 4 aromatic carbocycles. The van der Waals surface area contributed by atoms with E-state index in [2.05, 4.69) is 28.8 Å². The lowest BCUT2D eigenvalue weighted by Gasteiger charge is -2.22. The van der Waals surface area contributed by atoms with Crippen LogP contribution in [0.5, 0.6) is 0 Å². The fraction of sp³-hybridized carbons (Fsp3) is 0.0741. The third-order valence-electron chi connectivity index (χ3n) is 6.63. The lowest BCUT2D eigenvalue weighted by molar-refractivity contribution is 0.594. The van der Waals surface area contributed by atoms with Crippen LogP contribution < -0.4 is 0 Å². The Kier molecular flexibility index (Phi) is 3.58. The fourth-order valence-corrected chi connectivity index (χ4v) is 6.84. The average Bonchev–Trinajstić information content (AvgIpc) is 3.39. The summed E-state index contributed by atoms with van der Waals surface area (Å²) in [4.78, 5) is 5.39. The quantitative estimate of drug-likeness (QED) is 0.334. The van der Waals surface area contributed by atoms with Crippen LogP contribution in [0, 0.1) is 0 Å². The van der Waals surface area contributed by atoms with Gasteiger partial charge in [0.2, 0.25) is 9.84 Å². The van der Waals surface area contributed by atoms with Crippen molar-refractivity contribution in [1.29, 1.82) is 0 Å². The highest BCUT2D eigenvalue weighted by Gasteiger charge is 2.33. The van der Waals surface area contributed by atoms with Crippen molar-refractivity contribution in [3.05, 3.63) is 90.8 Å². The van der Waals surface area contributed by atoms with Gasteiger partial charge in [0.05, 0.1) is 37.5 Å². The summed E-state index contributed by atoms with van der Waals surface area (Å²) in [6, 6.07) is 27.6. The number of para-hydroxylation sites is 3. The van der Waals surface area contributed by atoms with Gasteiger partial charge in [-0.1, -0.05) is 49.4 Å². The molecule has 33 heavy (non-hydrogen) atoms. The average molecular weight is 450 g/mol. The zero-order valence-corrected chi connectivity index (χ0v) is 18.7. The Labute approximate surface area is 190 Å². The van der Waals surface area contributed by atoms with Gasteiger partial charge in [0.25, 0.3) is 0 Å². The number of fused-ring (bicyclic) bond motifs is 5. The Morgan fingerprint density at radius 2 is 1.45 bits per heavy atom. The maximum Gasteiger partial charge on any atom is 0.210 e. The van der Waals surface area contributed by atoms with E-state index >= 15 is 0 Å². The van der Waals surface area contributed by atoms with Crippen molar-refractivity contribution in [1.82, 2.24) is 14.1 Å². The molecule has 0 fully saturated rings. The summed E-state index contributed by atoms with van der Waals surface area (Å²) >= 11 is 0. The van der Waals surface area contributed by atoms with Gasteiger partial charge in [-0.05, 0) is 42.5 Å². The number of imidazole rings is 1. The minimum Gasteiger partial charge on any atom is -0.309 e. The highest BCUT2D eigenvalue weighted by Crippen LogP contribution is 2.41. The number of aryl methyl sites for hydroxylation is 1.